The third-order valence-corrected chi connectivity index (χ3v) is 5.15. The molecule has 0 aromatic heterocycles. The lowest BCUT2D eigenvalue weighted by Gasteiger charge is -2.19. The number of nitrogens with zero attached hydrogens (tertiary/aromatic N) is 1. The number of benzene rings is 2. The summed E-state index contributed by atoms with van der Waals surface area (Å²) < 4.78 is 24.9. The van der Waals surface area contributed by atoms with Crippen LogP contribution in [0.4, 0.5) is 10.1 Å². The number of amides is 2. The van der Waals surface area contributed by atoms with E-state index in [1.807, 2.05) is 19.1 Å². The summed E-state index contributed by atoms with van der Waals surface area (Å²) in [5.74, 6) is -0.130. The third kappa shape index (κ3) is 3.40. The summed E-state index contributed by atoms with van der Waals surface area (Å²) in [5.41, 5.74) is 1.87. The Balaban J connectivity index is 1.43. The lowest BCUT2D eigenvalue weighted by Crippen LogP contribution is -2.34. The molecule has 0 aliphatic carbocycles. The van der Waals surface area contributed by atoms with Crippen LogP contribution < -0.4 is 19.7 Å². The minimum Gasteiger partial charge on any atom is -0.454 e. The summed E-state index contributed by atoms with van der Waals surface area (Å²) >= 11 is 0. The molecular weight excluding hydrogens is 363 g/mol. The summed E-state index contributed by atoms with van der Waals surface area (Å²) in [7, 11) is 0. The molecule has 0 radical (unpaired) electrons. The molecule has 2 aliphatic rings. The summed E-state index contributed by atoms with van der Waals surface area (Å²) in [6, 6.07) is 9.97. The van der Waals surface area contributed by atoms with E-state index < -0.39 is 11.7 Å². The molecule has 28 heavy (non-hydrogen) atoms. The van der Waals surface area contributed by atoms with Crippen molar-refractivity contribution in [2.24, 2.45) is 5.92 Å². The smallest absolute Gasteiger partial charge is 0.231 e. The fourth-order valence-electron chi connectivity index (χ4n) is 3.54. The van der Waals surface area contributed by atoms with E-state index in [-0.39, 0.29) is 43.3 Å². The lowest BCUT2D eigenvalue weighted by molar-refractivity contribution is -0.126. The maximum Gasteiger partial charge on any atom is 0.231 e. The normalized spacial score (nSPS) is 19.0. The van der Waals surface area contributed by atoms with Crippen LogP contribution in [0.2, 0.25) is 0 Å². The fourth-order valence-corrected chi connectivity index (χ4v) is 3.54. The number of aryl methyl sites for hydroxylation is 1. The van der Waals surface area contributed by atoms with Crippen LogP contribution >= 0.6 is 0 Å². The standard InChI is InChI=1S/C21H21FN2O4/c1-12-3-5-17(16(22)7-12)24-10-15(9-20(24)25)21(26)23-13(2)14-4-6-18-19(8-14)28-11-27-18/h3-8,13,15H,9-11H2,1-2H3,(H,23,26). The molecule has 0 saturated carbocycles. The number of hydrogen-bond acceptors (Lipinski definition) is 4. The zero-order valence-electron chi connectivity index (χ0n) is 15.7. The molecule has 2 aliphatic heterocycles. The van der Waals surface area contributed by atoms with Crippen LogP contribution in [0.25, 0.3) is 0 Å². The molecule has 146 valence electrons. The van der Waals surface area contributed by atoms with E-state index in [9.17, 15) is 14.0 Å². The van der Waals surface area contributed by atoms with Gasteiger partial charge in [-0.3, -0.25) is 9.59 Å². The van der Waals surface area contributed by atoms with Crippen molar-refractivity contribution >= 4 is 17.5 Å². The second-order valence-corrected chi connectivity index (χ2v) is 7.20. The number of hydrogen-bond donors (Lipinski definition) is 1. The monoisotopic (exact) mass is 384 g/mol. The van der Waals surface area contributed by atoms with Gasteiger partial charge in [0.1, 0.15) is 5.82 Å². The maximum atomic E-state index is 14.2. The van der Waals surface area contributed by atoms with Gasteiger partial charge < -0.3 is 19.7 Å². The molecule has 1 fully saturated rings. The summed E-state index contributed by atoms with van der Waals surface area (Å²) in [5, 5.41) is 2.94. The van der Waals surface area contributed by atoms with E-state index in [0.29, 0.717) is 11.5 Å². The van der Waals surface area contributed by atoms with Crippen LogP contribution in [0, 0.1) is 18.7 Å². The van der Waals surface area contributed by atoms with Crippen LogP contribution in [-0.4, -0.2) is 25.2 Å². The number of carbonyl (C=O) groups excluding carboxylic acids is 2. The number of fused-ring (bicyclic) bond motifs is 1. The quantitative estimate of drug-likeness (QED) is 0.880. The highest BCUT2D eigenvalue weighted by Gasteiger charge is 2.36. The molecule has 2 aromatic rings. The van der Waals surface area contributed by atoms with Gasteiger partial charge in [0, 0.05) is 13.0 Å². The van der Waals surface area contributed by atoms with Gasteiger partial charge in [-0.2, -0.15) is 0 Å². The Hall–Kier alpha value is -3.09. The Morgan fingerprint density at radius 3 is 2.79 bits per heavy atom. The van der Waals surface area contributed by atoms with Gasteiger partial charge in [-0.25, -0.2) is 4.39 Å². The molecule has 2 atom stereocenters. The van der Waals surface area contributed by atoms with Gasteiger partial charge in [-0.05, 0) is 49.2 Å². The molecule has 4 rings (SSSR count). The largest absolute Gasteiger partial charge is 0.454 e. The first-order valence-corrected chi connectivity index (χ1v) is 9.19. The molecule has 2 unspecified atom stereocenters. The van der Waals surface area contributed by atoms with Crippen molar-refractivity contribution in [3.8, 4) is 11.5 Å². The Bertz CT molecular complexity index is 946. The third-order valence-electron chi connectivity index (χ3n) is 5.15. The van der Waals surface area contributed by atoms with Gasteiger partial charge in [0.05, 0.1) is 17.6 Å². The molecular formula is C21H21FN2O4. The van der Waals surface area contributed by atoms with Gasteiger partial charge in [0.2, 0.25) is 18.6 Å². The van der Waals surface area contributed by atoms with E-state index in [1.54, 1.807) is 25.1 Å². The number of rotatable bonds is 4. The fraction of sp³-hybridized carbons (Fsp3) is 0.333. The Labute approximate surface area is 162 Å². The molecule has 0 spiro atoms. The molecule has 2 amide bonds. The summed E-state index contributed by atoms with van der Waals surface area (Å²) in [6.45, 7) is 4.00. The SMILES string of the molecule is Cc1ccc(N2CC(C(=O)NC(C)c3ccc4c(c3)OCO4)CC2=O)c(F)c1. The van der Waals surface area contributed by atoms with Crippen molar-refractivity contribution in [1.29, 1.82) is 0 Å². The van der Waals surface area contributed by atoms with E-state index in [4.69, 9.17) is 9.47 Å². The Kier molecular flexibility index (Phi) is 4.66. The zero-order chi connectivity index (χ0) is 19.8. The van der Waals surface area contributed by atoms with Gasteiger partial charge >= 0.3 is 0 Å². The van der Waals surface area contributed by atoms with Crippen LogP contribution in [-0.2, 0) is 9.59 Å². The van der Waals surface area contributed by atoms with Gasteiger partial charge in [0.15, 0.2) is 11.5 Å². The minimum absolute atomic E-state index is 0.0625. The Morgan fingerprint density at radius 2 is 2.00 bits per heavy atom. The number of anilines is 1. The van der Waals surface area contributed by atoms with Gasteiger partial charge in [-0.1, -0.05) is 12.1 Å². The number of carbonyl (C=O) groups is 2. The van der Waals surface area contributed by atoms with Crippen molar-refractivity contribution in [3.05, 3.63) is 53.3 Å². The molecule has 0 bridgehead atoms. The van der Waals surface area contributed by atoms with E-state index in [1.165, 1.54) is 11.0 Å². The average Bonchev–Trinajstić information content (AvgIpc) is 3.27. The molecule has 1 N–H and O–H groups in total. The van der Waals surface area contributed by atoms with Crippen molar-refractivity contribution in [2.45, 2.75) is 26.3 Å². The highest BCUT2D eigenvalue weighted by molar-refractivity contribution is 6.00. The predicted octanol–water partition coefficient (Wildman–Crippen LogP) is 3.09. The average molecular weight is 384 g/mol. The van der Waals surface area contributed by atoms with Gasteiger partial charge in [-0.15, -0.1) is 0 Å². The zero-order valence-corrected chi connectivity index (χ0v) is 15.7. The molecule has 6 nitrogen and oxygen atoms in total. The van der Waals surface area contributed by atoms with Gasteiger partial charge in [0.25, 0.3) is 0 Å². The first kappa shape index (κ1) is 18.3. The van der Waals surface area contributed by atoms with Crippen molar-refractivity contribution in [3.63, 3.8) is 0 Å². The molecule has 1 saturated heterocycles. The van der Waals surface area contributed by atoms with Crippen molar-refractivity contribution in [2.75, 3.05) is 18.2 Å². The van der Waals surface area contributed by atoms with Crippen molar-refractivity contribution < 1.29 is 23.5 Å². The van der Waals surface area contributed by atoms with Crippen molar-refractivity contribution in [1.82, 2.24) is 5.32 Å². The maximum absolute atomic E-state index is 14.2. The van der Waals surface area contributed by atoms with E-state index in [2.05, 4.69) is 5.32 Å². The number of ether oxygens (including phenoxy) is 2. The number of halogens is 1. The highest BCUT2D eigenvalue weighted by Crippen LogP contribution is 2.34. The first-order valence-electron chi connectivity index (χ1n) is 9.19. The first-order chi connectivity index (χ1) is 13.4. The van der Waals surface area contributed by atoms with Crippen LogP contribution in [0.15, 0.2) is 36.4 Å². The van der Waals surface area contributed by atoms with Crippen LogP contribution in [0.3, 0.4) is 0 Å². The predicted molar refractivity (Wildman–Crippen MR) is 101 cm³/mol. The minimum atomic E-state index is -0.523. The second kappa shape index (κ2) is 7.14. The second-order valence-electron chi connectivity index (χ2n) is 7.20. The summed E-state index contributed by atoms with van der Waals surface area (Å²) in [6.07, 6.45) is 0.0625. The number of nitrogens with one attached hydrogen (secondary N) is 1. The van der Waals surface area contributed by atoms with E-state index in [0.717, 1.165) is 11.1 Å². The molecule has 7 heteroatoms. The summed E-state index contributed by atoms with van der Waals surface area (Å²) in [4.78, 5) is 26.4. The highest BCUT2D eigenvalue weighted by atomic mass is 19.1. The lowest BCUT2D eigenvalue weighted by atomic mass is 10.0. The Morgan fingerprint density at radius 1 is 1.21 bits per heavy atom. The van der Waals surface area contributed by atoms with E-state index >= 15 is 0 Å². The topological polar surface area (TPSA) is 67.9 Å². The molecule has 2 aromatic carbocycles. The van der Waals surface area contributed by atoms with Crippen LogP contribution in [0.1, 0.15) is 30.5 Å². The van der Waals surface area contributed by atoms with Crippen LogP contribution in [0.5, 0.6) is 11.5 Å². The molecule has 2 heterocycles.